The van der Waals surface area contributed by atoms with E-state index in [1.54, 1.807) is 0 Å². The van der Waals surface area contributed by atoms with E-state index >= 15 is 0 Å². The van der Waals surface area contributed by atoms with Gasteiger partial charge in [-0.25, -0.2) is 0 Å². The summed E-state index contributed by atoms with van der Waals surface area (Å²) in [6, 6.07) is 0. The standard InChI is InChI=1S/C30H52O26/c31-1-7-12(34)17(39)21(43)26(51-7)48-3-9-13(35)18(40)22(44)27(52-9)49-4-10-14(36)19(41)23(45)28(53-10)50-5-11-15(37)20(42)24(46)29(54-11)56-30(6-33)25(47)16(38)8(2-32)55-30/h7-29,31-47H,1-6H2. The summed E-state index contributed by atoms with van der Waals surface area (Å²) in [7, 11) is 0. The van der Waals surface area contributed by atoms with E-state index in [-0.39, 0.29) is 0 Å². The van der Waals surface area contributed by atoms with Crippen molar-refractivity contribution in [2.24, 2.45) is 0 Å². The first-order valence-electron chi connectivity index (χ1n) is 17.6. The molecule has 5 saturated heterocycles. The van der Waals surface area contributed by atoms with Crippen LogP contribution in [0.15, 0.2) is 0 Å². The summed E-state index contributed by atoms with van der Waals surface area (Å²) in [4.78, 5) is 0. The van der Waals surface area contributed by atoms with Gasteiger partial charge < -0.3 is 129 Å². The highest BCUT2D eigenvalue weighted by Gasteiger charge is 2.59. The second-order valence-corrected chi connectivity index (χ2v) is 14.1. The van der Waals surface area contributed by atoms with Crippen molar-refractivity contribution in [3.63, 3.8) is 0 Å². The molecule has 0 amide bonds. The van der Waals surface area contributed by atoms with E-state index in [1.165, 1.54) is 0 Å². The summed E-state index contributed by atoms with van der Waals surface area (Å²) in [5.74, 6) is -2.47. The fraction of sp³-hybridized carbons (Fsp3) is 1.00. The van der Waals surface area contributed by atoms with Crippen molar-refractivity contribution in [2.75, 3.05) is 39.6 Å². The molecule has 5 fully saturated rings. The SMILES string of the molecule is OCC1OC(OCC2OC(OCC3OC(OCC4OC(OC5(CO)OC(CO)C(O)C5O)C(O)C(O)C4O)C(O)C(O)C3O)C(O)C(O)C2O)C(O)C(O)C1O. The smallest absolute Gasteiger partial charge is 0.224 e. The molecule has 0 aromatic heterocycles. The maximum Gasteiger partial charge on any atom is 0.224 e. The van der Waals surface area contributed by atoms with Crippen LogP contribution in [0.4, 0.5) is 0 Å². The molecule has 0 saturated carbocycles. The Bertz CT molecular complexity index is 1220. The van der Waals surface area contributed by atoms with E-state index in [9.17, 15) is 86.8 Å². The van der Waals surface area contributed by atoms with Crippen LogP contribution in [0.1, 0.15) is 0 Å². The van der Waals surface area contributed by atoms with Gasteiger partial charge in [0.05, 0.1) is 33.0 Å². The maximum absolute atomic E-state index is 10.6. The van der Waals surface area contributed by atoms with E-state index < -0.39 is 187 Å². The zero-order valence-electron chi connectivity index (χ0n) is 29.3. The molecule has 0 spiro atoms. The van der Waals surface area contributed by atoms with Crippen LogP contribution in [0.25, 0.3) is 0 Å². The van der Waals surface area contributed by atoms with Crippen molar-refractivity contribution in [3.05, 3.63) is 0 Å². The highest BCUT2D eigenvalue weighted by Crippen LogP contribution is 2.36. The van der Waals surface area contributed by atoms with Crippen molar-refractivity contribution < 1.29 is 129 Å². The average molecular weight is 829 g/mol. The van der Waals surface area contributed by atoms with Crippen LogP contribution >= 0.6 is 0 Å². The molecule has 0 aromatic carbocycles. The van der Waals surface area contributed by atoms with Crippen molar-refractivity contribution in [2.45, 2.75) is 147 Å². The van der Waals surface area contributed by atoms with Crippen molar-refractivity contribution >= 4 is 0 Å². The quantitative estimate of drug-likeness (QED) is 0.0773. The summed E-state index contributed by atoms with van der Waals surface area (Å²) >= 11 is 0. The maximum atomic E-state index is 10.6. The van der Waals surface area contributed by atoms with E-state index in [0.717, 1.165) is 0 Å². The normalized spacial score (nSPS) is 53.0. The van der Waals surface area contributed by atoms with Gasteiger partial charge in [0.2, 0.25) is 5.79 Å². The Labute approximate surface area is 316 Å². The zero-order chi connectivity index (χ0) is 41.4. The molecular formula is C30H52O26. The molecule has 0 radical (unpaired) electrons. The van der Waals surface area contributed by atoms with Gasteiger partial charge in [-0.2, -0.15) is 0 Å². The second-order valence-electron chi connectivity index (χ2n) is 14.1. The highest BCUT2D eigenvalue weighted by atomic mass is 16.8. The Hall–Kier alpha value is -1.04. The minimum atomic E-state index is -2.47. The zero-order valence-corrected chi connectivity index (χ0v) is 29.3. The van der Waals surface area contributed by atoms with Crippen LogP contribution in [0.2, 0.25) is 0 Å². The van der Waals surface area contributed by atoms with Crippen LogP contribution in [0.3, 0.4) is 0 Å². The Kier molecular flexibility index (Phi) is 15.7. The lowest BCUT2D eigenvalue weighted by molar-refractivity contribution is -0.388. The third kappa shape index (κ3) is 9.16. The summed E-state index contributed by atoms with van der Waals surface area (Å²) in [5, 5.41) is 174. The first-order chi connectivity index (χ1) is 26.4. The van der Waals surface area contributed by atoms with Crippen LogP contribution < -0.4 is 0 Å². The van der Waals surface area contributed by atoms with Gasteiger partial charge in [0.1, 0.15) is 123 Å². The first kappa shape index (κ1) is 46.0. The van der Waals surface area contributed by atoms with E-state index in [4.69, 9.17) is 42.6 Å². The minimum absolute atomic E-state index is 0.677. The summed E-state index contributed by atoms with van der Waals surface area (Å²) < 4.78 is 48.8. The largest absolute Gasteiger partial charge is 0.394 e. The van der Waals surface area contributed by atoms with Gasteiger partial charge in [-0.3, -0.25) is 0 Å². The second kappa shape index (κ2) is 19.1. The predicted molar refractivity (Wildman–Crippen MR) is 167 cm³/mol. The number of rotatable bonds is 14. The monoisotopic (exact) mass is 828 g/mol. The first-order valence-corrected chi connectivity index (χ1v) is 17.6. The molecule has 24 atom stereocenters. The molecule has 0 aliphatic carbocycles. The molecule has 0 aromatic rings. The van der Waals surface area contributed by atoms with E-state index in [2.05, 4.69) is 0 Å². The van der Waals surface area contributed by atoms with Gasteiger partial charge in [-0.05, 0) is 0 Å². The molecule has 26 nitrogen and oxygen atoms in total. The summed E-state index contributed by atoms with van der Waals surface area (Å²) in [5.41, 5.74) is 0. The van der Waals surface area contributed by atoms with Crippen LogP contribution in [0.5, 0.6) is 0 Å². The van der Waals surface area contributed by atoms with Gasteiger partial charge in [-0.1, -0.05) is 0 Å². The summed E-state index contributed by atoms with van der Waals surface area (Å²) in [6.07, 6.45) is -41.3. The number of aliphatic hydroxyl groups excluding tert-OH is 17. The third-order valence-corrected chi connectivity index (χ3v) is 10.4. The molecule has 0 bridgehead atoms. The average Bonchev–Trinajstić information content (AvgIpc) is 3.43. The molecule has 5 aliphatic rings. The third-order valence-electron chi connectivity index (χ3n) is 10.4. The predicted octanol–water partition coefficient (Wildman–Crippen LogP) is -11.9. The Morgan fingerprint density at radius 2 is 0.679 bits per heavy atom. The van der Waals surface area contributed by atoms with Crippen molar-refractivity contribution in [1.82, 2.24) is 0 Å². The molecule has 328 valence electrons. The molecule has 5 rings (SSSR count). The number of hydrogen-bond acceptors (Lipinski definition) is 26. The number of hydrogen-bond donors (Lipinski definition) is 17. The highest BCUT2D eigenvalue weighted by molar-refractivity contribution is 4.99. The van der Waals surface area contributed by atoms with Crippen molar-refractivity contribution in [1.29, 1.82) is 0 Å². The molecule has 24 unspecified atom stereocenters. The summed E-state index contributed by atoms with van der Waals surface area (Å²) in [6.45, 7) is -4.94. The molecular weight excluding hydrogens is 776 g/mol. The Morgan fingerprint density at radius 3 is 1.02 bits per heavy atom. The van der Waals surface area contributed by atoms with Gasteiger partial charge in [-0.15, -0.1) is 0 Å². The van der Waals surface area contributed by atoms with Crippen LogP contribution in [0, 0.1) is 0 Å². The lowest BCUT2D eigenvalue weighted by atomic mass is 9.97. The molecule has 56 heavy (non-hydrogen) atoms. The Morgan fingerprint density at radius 1 is 0.357 bits per heavy atom. The minimum Gasteiger partial charge on any atom is -0.394 e. The number of aliphatic hydroxyl groups is 17. The van der Waals surface area contributed by atoms with Gasteiger partial charge in [0.25, 0.3) is 0 Å². The topological polar surface area (TPSA) is 427 Å². The van der Waals surface area contributed by atoms with E-state index in [0.29, 0.717) is 0 Å². The van der Waals surface area contributed by atoms with Gasteiger partial charge in [0.15, 0.2) is 25.2 Å². The van der Waals surface area contributed by atoms with Crippen LogP contribution in [-0.4, -0.2) is 273 Å². The van der Waals surface area contributed by atoms with E-state index in [1.807, 2.05) is 0 Å². The molecule has 26 heteroatoms. The fourth-order valence-electron chi connectivity index (χ4n) is 6.78. The van der Waals surface area contributed by atoms with Crippen LogP contribution in [-0.2, 0) is 42.6 Å². The fourth-order valence-corrected chi connectivity index (χ4v) is 6.78. The van der Waals surface area contributed by atoms with Crippen molar-refractivity contribution in [3.8, 4) is 0 Å². The van der Waals surface area contributed by atoms with Gasteiger partial charge >= 0.3 is 0 Å². The lowest BCUT2D eigenvalue weighted by Crippen LogP contribution is -2.64. The molecule has 5 heterocycles. The Balaban J connectivity index is 1.18. The molecule has 5 aliphatic heterocycles. The van der Waals surface area contributed by atoms with Gasteiger partial charge in [0, 0.05) is 0 Å². The molecule has 17 N–H and O–H groups in total. The number of ether oxygens (including phenoxy) is 9. The lowest BCUT2D eigenvalue weighted by Gasteiger charge is -2.45.